The fourth-order valence-electron chi connectivity index (χ4n) is 3.18. The maximum Gasteiger partial charge on any atom is 0.278 e. The van der Waals surface area contributed by atoms with Crippen molar-refractivity contribution < 1.29 is 9.53 Å². The molecule has 29 heavy (non-hydrogen) atoms. The molecule has 2 aromatic carbocycles. The topological polar surface area (TPSA) is 81.9 Å². The number of fused-ring (bicyclic) bond motifs is 1. The average Bonchev–Trinajstić information content (AvgIpc) is 3.13. The minimum absolute atomic E-state index is 0.271. The van der Waals surface area contributed by atoms with Gasteiger partial charge in [-0.25, -0.2) is 4.68 Å². The van der Waals surface area contributed by atoms with Gasteiger partial charge in [0.1, 0.15) is 0 Å². The van der Waals surface area contributed by atoms with Crippen LogP contribution in [0.25, 0.3) is 16.6 Å². The van der Waals surface area contributed by atoms with E-state index in [0.717, 1.165) is 22.2 Å². The van der Waals surface area contributed by atoms with E-state index in [9.17, 15) is 4.79 Å². The SMILES string of the molecule is CCOCc1cccc(NC(=O)c2nnn(-c3cccc4cccnc34)c2C)c1. The van der Waals surface area contributed by atoms with Gasteiger partial charge in [0.15, 0.2) is 5.69 Å². The van der Waals surface area contributed by atoms with Crippen molar-refractivity contribution in [2.75, 3.05) is 11.9 Å². The van der Waals surface area contributed by atoms with E-state index >= 15 is 0 Å². The first-order chi connectivity index (χ1) is 14.2. The molecular formula is C22H21N5O2. The van der Waals surface area contributed by atoms with Crippen LogP contribution in [0, 0.1) is 6.92 Å². The second-order valence-corrected chi connectivity index (χ2v) is 6.58. The largest absolute Gasteiger partial charge is 0.377 e. The lowest BCUT2D eigenvalue weighted by atomic mass is 10.2. The van der Waals surface area contributed by atoms with Crippen LogP contribution in [0.2, 0.25) is 0 Å². The quantitative estimate of drug-likeness (QED) is 0.542. The van der Waals surface area contributed by atoms with Crippen LogP contribution >= 0.6 is 0 Å². The van der Waals surface area contributed by atoms with Gasteiger partial charge in [-0.15, -0.1) is 5.10 Å². The maximum absolute atomic E-state index is 12.8. The summed E-state index contributed by atoms with van der Waals surface area (Å²) in [5.41, 5.74) is 4.18. The molecule has 4 rings (SSSR count). The van der Waals surface area contributed by atoms with Gasteiger partial charge in [0.25, 0.3) is 5.91 Å². The summed E-state index contributed by atoms with van der Waals surface area (Å²) in [6.07, 6.45) is 1.74. The van der Waals surface area contributed by atoms with Crippen molar-refractivity contribution in [3.63, 3.8) is 0 Å². The molecule has 7 nitrogen and oxygen atoms in total. The first kappa shape index (κ1) is 18.8. The maximum atomic E-state index is 12.8. The number of carbonyl (C=O) groups is 1. The zero-order chi connectivity index (χ0) is 20.2. The molecular weight excluding hydrogens is 366 g/mol. The number of anilines is 1. The molecule has 0 unspecified atom stereocenters. The molecule has 7 heteroatoms. The Hall–Kier alpha value is -3.58. The molecule has 0 aliphatic rings. The van der Waals surface area contributed by atoms with Crippen LogP contribution in [0.5, 0.6) is 0 Å². The van der Waals surface area contributed by atoms with Crippen LogP contribution in [-0.4, -0.2) is 32.5 Å². The summed E-state index contributed by atoms with van der Waals surface area (Å²) < 4.78 is 7.08. The highest BCUT2D eigenvalue weighted by atomic mass is 16.5. The summed E-state index contributed by atoms with van der Waals surface area (Å²) in [6, 6.07) is 17.3. The molecule has 0 saturated heterocycles. The van der Waals surface area contributed by atoms with Gasteiger partial charge in [-0.1, -0.05) is 35.5 Å². The molecule has 0 radical (unpaired) electrons. The van der Waals surface area contributed by atoms with E-state index in [2.05, 4.69) is 20.6 Å². The molecule has 0 saturated carbocycles. The van der Waals surface area contributed by atoms with E-state index < -0.39 is 0 Å². The number of pyridine rings is 1. The zero-order valence-electron chi connectivity index (χ0n) is 16.3. The third-order valence-corrected chi connectivity index (χ3v) is 4.61. The second-order valence-electron chi connectivity index (χ2n) is 6.58. The van der Waals surface area contributed by atoms with E-state index in [0.29, 0.717) is 24.6 Å². The van der Waals surface area contributed by atoms with Crippen LogP contribution in [0.1, 0.15) is 28.7 Å². The molecule has 1 amide bonds. The summed E-state index contributed by atoms with van der Waals surface area (Å²) in [5, 5.41) is 12.2. The molecule has 0 fully saturated rings. The minimum Gasteiger partial charge on any atom is -0.377 e. The normalized spacial score (nSPS) is 11.0. The number of nitrogens with zero attached hydrogens (tertiary/aromatic N) is 4. The fraction of sp³-hybridized carbons (Fsp3) is 0.182. The standard InChI is InChI=1S/C22H21N5O2/c1-3-29-14-16-7-4-10-18(13-16)24-22(28)20-15(2)27(26-25-20)19-11-5-8-17-9-6-12-23-21(17)19/h4-13H,3,14H2,1-2H3,(H,24,28). The highest BCUT2D eigenvalue weighted by molar-refractivity contribution is 6.03. The summed E-state index contributed by atoms with van der Waals surface area (Å²) in [7, 11) is 0. The molecule has 2 aromatic heterocycles. The predicted molar refractivity (Wildman–Crippen MR) is 111 cm³/mol. The number of amides is 1. The molecule has 4 aromatic rings. The van der Waals surface area contributed by atoms with Crippen LogP contribution < -0.4 is 5.32 Å². The first-order valence-corrected chi connectivity index (χ1v) is 9.42. The zero-order valence-corrected chi connectivity index (χ0v) is 16.3. The van der Waals surface area contributed by atoms with E-state index in [1.165, 1.54) is 0 Å². The van der Waals surface area contributed by atoms with Gasteiger partial charge in [-0.2, -0.15) is 0 Å². The average molecular weight is 387 g/mol. The van der Waals surface area contributed by atoms with Crippen molar-refractivity contribution in [1.29, 1.82) is 0 Å². The van der Waals surface area contributed by atoms with Crippen molar-refractivity contribution in [2.24, 2.45) is 0 Å². The highest BCUT2D eigenvalue weighted by Crippen LogP contribution is 2.22. The third kappa shape index (κ3) is 3.86. The lowest BCUT2D eigenvalue weighted by Crippen LogP contribution is -2.14. The Morgan fingerprint density at radius 1 is 1.14 bits per heavy atom. The van der Waals surface area contributed by atoms with E-state index in [4.69, 9.17) is 4.74 Å². The van der Waals surface area contributed by atoms with E-state index in [1.54, 1.807) is 10.9 Å². The molecule has 0 atom stereocenters. The number of nitrogens with one attached hydrogen (secondary N) is 1. The van der Waals surface area contributed by atoms with Gasteiger partial charge >= 0.3 is 0 Å². The third-order valence-electron chi connectivity index (χ3n) is 4.61. The number of ether oxygens (including phenoxy) is 1. The van der Waals surface area contributed by atoms with Crippen LogP contribution in [0.3, 0.4) is 0 Å². The van der Waals surface area contributed by atoms with Gasteiger partial charge in [-0.05, 0) is 43.7 Å². The van der Waals surface area contributed by atoms with Crippen molar-refractivity contribution in [3.8, 4) is 5.69 Å². The Morgan fingerprint density at radius 3 is 2.83 bits per heavy atom. The summed E-state index contributed by atoms with van der Waals surface area (Å²) in [5.74, 6) is -0.310. The molecule has 2 heterocycles. The van der Waals surface area contributed by atoms with Crippen molar-refractivity contribution in [1.82, 2.24) is 20.0 Å². The van der Waals surface area contributed by atoms with Crippen molar-refractivity contribution >= 4 is 22.5 Å². The lowest BCUT2D eigenvalue weighted by Gasteiger charge is -2.08. The highest BCUT2D eigenvalue weighted by Gasteiger charge is 2.19. The Morgan fingerprint density at radius 2 is 1.97 bits per heavy atom. The molecule has 0 bridgehead atoms. The molecule has 0 spiro atoms. The first-order valence-electron chi connectivity index (χ1n) is 9.42. The summed E-state index contributed by atoms with van der Waals surface area (Å²) in [6.45, 7) is 4.91. The van der Waals surface area contributed by atoms with Gasteiger partial charge in [0, 0.05) is 23.9 Å². The number of hydrogen-bond donors (Lipinski definition) is 1. The number of carbonyl (C=O) groups excluding carboxylic acids is 1. The Kier molecular flexibility index (Phi) is 5.31. The van der Waals surface area contributed by atoms with Crippen LogP contribution in [0.15, 0.2) is 60.8 Å². The number of rotatable bonds is 6. The monoisotopic (exact) mass is 387 g/mol. The second kappa shape index (κ2) is 8.20. The van der Waals surface area contributed by atoms with Gasteiger partial charge < -0.3 is 10.1 Å². The van der Waals surface area contributed by atoms with Crippen molar-refractivity contribution in [2.45, 2.75) is 20.5 Å². The lowest BCUT2D eigenvalue weighted by molar-refractivity contribution is 0.102. The Labute approximate surface area is 168 Å². The van der Waals surface area contributed by atoms with Gasteiger partial charge in [0.2, 0.25) is 0 Å². The molecule has 0 aliphatic carbocycles. The summed E-state index contributed by atoms with van der Waals surface area (Å²) >= 11 is 0. The molecule has 1 N–H and O–H groups in total. The number of para-hydroxylation sites is 1. The molecule has 146 valence electrons. The van der Waals surface area contributed by atoms with Crippen LogP contribution in [-0.2, 0) is 11.3 Å². The fourth-order valence-corrected chi connectivity index (χ4v) is 3.18. The van der Waals surface area contributed by atoms with Gasteiger partial charge in [-0.3, -0.25) is 9.78 Å². The smallest absolute Gasteiger partial charge is 0.278 e. The number of aromatic nitrogens is 4. The van der Waals surface area contributed by atoms with Crippen molar-refractivity contribution in [3.05, 3.63) is 77.7 Å². The van der Waals surface area contributed by atoms with Gasteiger partial charge in [0.05, 0.1) is 23.5 Å². The van der Waals surface area contributed by atoms with E-state index in [1.807, 2.05) is 68.4 Å². The number of hydrogen-bond acceptors (Lipinski definition) is 5. The Balaban J connectivity index is 1.61. The minimum atomic E-state index is -0.310. The van der Waals surface area contributed by atoms with E-state index in [-0.39, 0.29) is 11.6 Å². The Bertz CT molecular complexity index is 1160. The van der Waals surface area contributed by atoms with Crippen LogP contribution in [0.4, 0.5) is 5.69 Å². The summed E-state index contributed by atoms with van der Waals surface area (Å²) in [4.78, 5) is 17.2. The predicted octanol–water partition coefficient (Wildman–Crippen LogP) is 3.91. The number of benzene rings is 2. The molecule has 0 aliphatic heterocycles.